The van der Waals surface area contributed by atoms with E-state index in [2.05, 4.69) is 29.0 Å². The van der Waals surface area contributed by atoms with Crippen molar-refractivity contribution in [1.29, 1.82) is 0 Å². The number of nitrogens with zero attached hydrogens (tertiary/aromatic N) is 1. The highest BCUT2D eigenvalue weighted by atomic mass is 15.2. The van der Waals surface area contributed by atoms with Crippen molar-refractivity contribution in [3.63, 3.8) is 0 Å². The molecule has 0 amide bonds. The Balaban J connectivity index is 2.12. The summed E-state index contributed by atoms with van der Waals surface area (Å²) in [5, 5.41) is 3.37. The Morgan fingerprint density at radius 3 is 2.64 bits per heavy atom. The molecule has 1 unspecified atom stereocenters. The lowest BCUT2D eigenvalue weighted by Crippen LogP contribution is -2.43. The van der Waals surface area contributed by atoms with Crippen LogP contribution in [0.25, 0.3) is 0 Å². The molecule has 0 aromatic carbocycles. The average Bonchev–Trinajstić information content (AvgIpc) is 2.25. The maximum atomic E-state index is 3.37. The zero-order chi connectivity index (χ0) is 10.2. The van der Waals surface area contributed by atoms with Gasteiger partial charge in [0.05, 0.1) is 6.54 Å². The van der Waals surface area contributed by atoms with E-state index < -0.39 is 0 Å². The van der Waals surface area contributed by atoms with Crippen molar-refractivity contribution in [2.24, 2.45) is 0 Å². The van der Waals surface area contributed by atoms with Crippen LogP contribution < -0.4 is 5.32 Å². The third kappa shape index (κ3) is 4.13. The highest BCUT2D eigenvalue weighted by Gasteiger charge is 2.15. The normalized spacial score (nSPS) is 19.9. The summed E-state index contributed by atoms with van der Waals surface area (Å²) in [6.07, 6.45) is 4.16. The van der Waals surface area contributed by atoms with Crippen LogP contribution >= 0.6 is 0 Å². The molecule has 1 heterocycles. The van der Waals surface area contributed by atoms with E-state index >= 15 is 0 Å². The van der Waals surface area contributed by atoms with Crippen molar-refractivity contribution < 1.29 is 0 Å². The van der Waals surface area contributed by atoms with E-state index in [1.807, 2.05) is 6.92 Å². The summed E-state index contributed by atoms with van der Waals surface area (Å²) < 4.78 is 0. The summed E-state index contributed by atoms with van der Waals surface area (Å²) >= 11 is 0. The molecular weight excluding hydrogens is 172 g/mol. The second-order valence-electron chi connectivity index (χ2n) is 4.00. The number of likely N-dealkylation sites (tertiary alicyclic amines) is 1. The van der Waals surface area contributed by atoms with Gasteiger partial charge >= 0.3 is 0 Å². The van der Waals surface area contributed by atoms with Gasteiger partial charge in [0.1, 0.15) is 0 Å². The monoisotopic (exact) mass is 194 g/mol. The fourth-order valence-corrected chi connectivity index (χ4v) is 1.92. The first-order valence-electron chi connectivity index (χ1n) is 5.69. The molecule has 2 nitrogen and oxygen atoms in total. The molecule has 0 aromatic rings. The second kappa shape index (κ2) is 6.86. The standard InChI is InChI=1S/C12H22N2/c1-3-4-8-13-11-12(2)14-9-6-5-7-10-14/h12-13H,5-11H2,1-2H3. The fraction of sp³-hybridized carbons (Fsp3) is 0.833. The molecule has 1 N–H and O–H groups in total. The molecule has 80 valence electrons. The molecule has 1 fully saturated rings. The van der Waals surface area contributed by atoms with Gasteiger partial charge in [-0.2, -0.15) is 0 Å². The lowest BCUT2D eigenvalue weighted by Gasteiger charge is -2.32. The first kappa shape index (κ1) is 11.6. The van der Waals surface area contributed by atoms with Gasteiger partial charge in [0.2, 0.25) is 0 Å². The maximum Gasteiger partial charge on any atom is 0.0576 e. The Hall–Kier alpha value is -0.520. The van der Waals surface area contributed by atoms with Crippen LogP contribution in [0.15, 0.2) is 0 Å². The summed E-state index contributed by atoms with van der Waals surface area (Å²) in [4.78, 5) is 2.58. The quantitative estimate of drug-likeness (QED) is 0.538. The van der Waals surface area contributed by atoms with Crippen LogP contribution in [-0.2, 0) is 0 Å². The third-order valence-corrected chi connectivity index (χ3v) is 2.84. The van der Waals surface area contributed by atoms with Crippen LogP contribution in [-0.4, -0.2) is 37.1 Å². The number of piperidine rings is 1. The zero-order valence-electron chi connectivity index (χ0n) is 9.47. The molecule has 2 heteroatoms. The predicted molar refractivity (Wildman–Crippen MR) is 61.2 cm³/mol. The van der Waals surface area contributed by atoms with E-state index in [1.165, 1.54) is 32.4 Å². The molecular formula is C12H22N2. The Kier molecular flexibility index (Phi) is 5.66. The van der Waals surface area contributed by atoms with Crippen LogP contribution in [0.3, 0.4) is 0 Å². The van der Waals surface area contributed by atoms with Crippen LogP contribution in [0.2, 0.25) is 0 Å². The summed E-state index contributed by atoms with van der Waals surface area (Å²) in [6.45, 7) is 8.64. The van der Waals surface area contributed by atoms with Gasteiger partial charge in [0, 0.05) is 12.6 Å². The van der Waals surface area contributed by atoms with E-state index in [9.17, 15) is 0 Å². The Bertz CT molecular complexity index is 196. The van der Waals surface area contributed by atoms with Crippen LogP contribution in [0.4, 0.5) is 0 Å². The van der Waals surface area contributed by atoms with E-state index in [4.69, 9.17) is 0 Å². The third-order valence-electron chi connectivity index (χ3n) is 2.84. The van der Waals surface area contributed by atoms with E-state index in [1.54, 1.807) is 0 Å². The smallest absolute Gasteiger partial charge is 0.0576 e. The molecule has 14 heavy (non-hydrogen) atoms. The molecule has 1 aliphatic heterocycles. The minimum Gasteiger partial charge on any atom is -0.305 e. The second-order valence-corrected chi connectivity index (χ2v) is 4.00. The first-order valence-corrected chi connectivity index (χ1v) is 5.69. The molecule has 1 rings (SSSR count). The molecule has 0 aliphatic carbocycles. The molecule has 1 saturated heterocycles. The SMILES string of the molecule is CC#CCNCC(C)N1CCCCC1. The van der Waals surface area contributed by atoms with Gasteiger partial charge in [-0.25, -0.2) is 0 Å². The molecule has 1 aliphatic rings. The predicted octanol–water partition coefficient (Wildman–Crippen LogP) is 1.47. The summed E-state index contributed by atoms with van der Waals surface area (Å²) in [7, 11) is 0. The molecule has 0 aromatic heterocycles. The zero-order valence-corrected chi connectivity index (χ0v) is 9.47. The minimum atomic E-state index is 0.661. The number of nitrogens with one attached hydrogen (secondary N) is 1. The summed E-state index contributed by atoms with van der Waals surface area (Å²) in [6, 6.07) is 0.661. The van der Waals surface area contributed by atoms with Crippen LogP contribution in [0.5, 0.6) is 0 Å². The number of rotatable bonds is 4. The average molecular weight is 194 g/mol. The number of hydrogen-bond donors (Lipinski definition) is 1. The Labute approximate surface area is 88.1 Å². The molecule has 1 atom stereocenters. The molecule has 0 spiro atoms. The lowest BCUT2D eigenvalue weighted by molar-refractivity contribution is 0.172. The van der Waals surface area contributed by atoms with E-state index in [0.717, 1.165) is 13.1 Å². The largest absolute Gasteiger partial charge is 0.305 e. The van der Waals surface area contributed by atoms with Gasteiger partial charge in [-0.1, -0.05) is 12.3 Å². The Morgan fingerprint density at radius 1 is 1.29 bits per heavy atom. The van der Waals surface area contributed by atoms with Crippen molar-refractivity contribution in [2.45, 2.75) is 39.2 Å². The van der Waals surface area contributed by atoms with Crippen molar-refractivity contribution in [2.75, 3.05) is 26.2 Å². The van der Waals surface area contributed by atoms with Gasteiger partial charge < -0.3 is 5.32 Å². The van der Waals surface area contributed by atoms with Gasteiger partial charge in [0.25, 0.3) is 0 Å². The van der Waals surface area contributed by atoms with Crippen molar-refractivity contribution >= 4 is 0 Å². The highest BCUT2D eigenvalue weighted by molar-refractivity contribution is 4.97. The van der Waals surface area contributed by atoms with Crippen molar-refractivity contribution in [3.05, 3.63) is 0 Å². The number of hydrogen-bond acceptors (Lipinski definition) is 2. The summed E-state index contributed by atoms with van der Waals surface area (Å²) in [5.74, 6) is 5.92. The summed E-state index contributed by atoms with van der Waals surface area (Å²) in [5.41, 5.74) is 0. The maximum absolute atomic E-state index is 3.37. The fourth-order valence-electron chi connectivity index (χ4n) is 1.92. The van der Waals surface area contributed by atoms with E-state index in [-0.39, 0.29) is 0 Å². The van der Waals surface area contributed by atoms with Crippen LogP contribution in [0.1, 0.15) is 33.1 Å². The van der Waals surface area contributed by atoms with Gasteiger partial charge in [0.15, 0.2) is 0 Å². The highest BCUT2D eigenvalue weighted by Crippen LogP contribution is 2.11. The van der Waals surface area contributed by atoms with Gasteiger partial charge in [-0.05, 0) is 39.8 Å². The van der Waals surface area contributed by atoms with Gasteiger partial charge in [-0.3, -0.25) is 4.90 Å². The topological polar surface area (TPSA) is 15.3 Å². The van der Waals surface area contributed by atoms with Crippen molar-refractivity contribution in [1.82, 2.24) is 10.2 Å². The van der Waals surface area contributed by atoms with Crippen molar-refractivity contribution in [3.8, 4) is 11.8 Å². The van der Waals surface area contributed by atoms with Gasteiger partial charge in [-0.15, -0.1) is 5.92 Å². The Morgan fingerprint density at radius 2 is 2.00 bits per heavy atom. The minimum absolute atomic E-state index is 0.661. The first-order chi connectivity index (χ1) is 6.84. The van der Waals surface area contributed by atoms with Crippen LogP contribution in [0, 0.1) is 11.8 Å². The van der Waals surface area contributed by atoms with E-state index in [0.29, 0.717) is 6.04 Å². The molecule has 0 radical (unpaired) electrons. The molecule has 0 saturated carbocycles. The lowest BCUT2D eigenvalue weighted by atomic mass is 10.1. The molecule has 0 bridgehead atoms.